The highest BCUT2D eigenvalue weighted by Gasteiger charge is 2.16. The van der Waals surface area contributed by atoms with Gasteiger partial charge in [0.25, 0.3) is 0 Å². The number of hydrogen-bond donors (Lipinski definition) is 1. The van der Waals surface area contributed by atoms with Crippen molar-refractivity contribution < 1.29 is 9.47 Å². The van der Waals surface area contributed by atoms with E-state index < -0.39 is 0 Å². The fraction of sp³-hybridized carbons (Fsp3) is 0.400. The summed E-state index contributed by atoms with van der Waals surface area (Å²) < 4.78 is 11.2. The Morgan fingerprint density at radius 2 is 1.78 bits per heavy atom. The molecule has 0 aliphatic rings. The van der Waals surface area contributed by atoms with Gasteiger partial charge in [-0.2, -0.15) is 0 Å². The molecule has 0 aliphatic heterocycles. The van der Waals surface area contributed by atoms with Crippen LogP contribution in [0.2, 0.25) is 0 Å². The summed E-state index contributed by atoms with van der Waals surface area (Å²) in [7, 11) is 1.69. The summed E-state index contributed by atoms with van der Waals surface area (Å²) >= 11 is 0. The van der Waals surface area contributed by atoms with Crippen LogP contribution in [0.5, 0.6) is 11.5 Å². The second kappa shape index (κ2) is 8.59. The number of nitrogens with two attached hydrogens (primary N) is 1. The highest BCUT2D eigenvalue weighted by atomic mass is 16.5. The van der Waals surface area contributed by atoms with Crippen LogP contribution in [0.15, 0.2) is 42.5 Å². The first-order valence-electron chi connectivity index (χ1n) is 8.31. The van der Waals surface area contributed by atoms with Crippen molar-refractivity contribution in [2.75, 3.05) is 20.3 Å². The van der Waals surface area contributed by atoms with E-state index in [1.54, 1.807) is 7.11 Å². The van der Waals surface area contributed by atoms with E-state index in [1.165, 1.54) is 11.1 Å². The number of methoxy groups -OCH3 is 1. The van der Waals surface area contributed by atoms with E-state index in [1.807, 2.05) is 19.1 Å². The molecule has 0 saturated carbocycles. The van der Waals surface area contributed by atoms with Crippen LogP contribution >= 0.6 is 0 Å². The molecular formula is C20H27NO2. The average molecular weight is 313 g/mol. The molecule has 0 heterocycles. The molecule has 0 aliphatic carbocycles. The van der Waals surface area contributed by atoms with E-state index in [0.29, 0.717) is 13.2 Å². The van der Waals surface area contributed by atoms with Crippen LogP contribution in [0.25, 0.3) is 0 Å². The molecule has 0 amide bonds. The van der Waals surface area contributed by atoms with Gasteiger partial charge in [0, 0.05) is 5.92 Å². The van der Waals surface area contributed by atoms with Crippen molar-refractivity contribution in [3.05, 3.63) is 59.2 Å². The van der Waals surface area contributed by atoms with Crippen LogP contribution in [0.1, 0.15) is 36.5 Å². The molecule has 124 valence electrons. The molecule has 0 radical (unpaired) electrons. The number of hydrogen-bond acceptors (Lipinski definition) is 3. The first-order chi connectivity index (χ1) is 11.2. The van der Waals surface area contributed by atoms with E-state index in [2.05, 4.69) is 37.3 Å². The predicted molar refractivity (Wildman–Crippen MR) is 95.5 cm³/mol. The Labute approximate surface area is 139 Å². The smallest absolute Gasteiger partial charge is 0.163 e. The molecule has 0 spiro atoms. The molecule has 23 heavy (non-hydrogen) atoms. The van der Waals surface area contributed by atoms with Crippen molar-refractivity contribution in [1.82, 2.24) is 0 Å². The number of aryl methyl sites for hydroxylation is 1. The van der Waals surface area contributed by atoms with Gasteiger partial charge in [-0.25, -0.2) is 0 Å². The van der Waals surface area contributed by atoms with Gasteiger partial charge in [0.1, 0.15) is 0 Å². The molecule has 2 N–H and O–H groups in total. The van der Waals surface area contributed by atoms with Crippen LogP contribution in [-0.2, 0) is 12.8 Å². The van der Waals surface area contributed by atoms with E-state index in [-0.39, 0.29) is 5.92 Å². The third kappa shape index (κ3) is 4.26. The Kier molecular flexibility index (Phi) is 6.48. The lowest BCUT2D eigenvalue weighted by Crippen LogP contribution is -2.15. The number of rotatable bonds is 8. The van der Waals surface area contributed by atoms with Gasteiger partial charge in [-0.15, -0.1) is 0 Å². The van der Waals surface area contributed by atoms with Crippen molar-refractivity contribution in [2.45, 2.75) is 32.6 Å². The lowest BCUT2D eigenvalue weighted by atomic mass is 9.91. The van der Waals surface area contributed by atoms with Crippen molar-refractivity contribution in [3.8, 4) is 11.5 Å². The van der Waals surface area contributed by atoms with Crippen molar-refractivity contribution >= 4 is 0 Å². The largest absolute Gasteiger partial charge is 0.493 e. The standard InChI is InChI=1S/C20H27NO2/c1-4-15-9-11-16(12-10-15)18(14-21)13-17-7-6-8-19(23-5-2)20(17)22-3/h6-12,18H,4-5,13-14,21H2,1-3H3. The minimum Gasteiger partial charge on any atom is -0.493 e. The Morgan fingerprint density at radius 3 is 2.35 bits per heavy atom. The minimum atomic E-state index is 0.270. The fourth-order valence-corrected chi connectivity index (χ4v) is 2.85. The molecule has 0 aromatic heterocycles. The number of ether oxygens (including phenoxy) is 2. The summed E-state index contributed by atoms with van der Waals surface area (Å²) in [6.45, 7) is 5.37. The molecule has 0 saturated heterocycles. The zero-order chi connectivity index (χ0) is 16.7. The summed E-state index contributed by atoms with van der Waals surface area (Å²) in [5, 5.41) is 0. The van der Waals surface area contributed by atoms with Crippen molar-refractivity contribution in [1.29, 1.82) is 0 Å². The Bertz CT molecular complexity index is 608. The van der Waals surface area contributed by atoms with Crippen LogP contribution < -0.4 is 15.2 Å². The van der Waals surface area contributed by atoms with Crippen LogP contribution in [0.3, 0.4) is 0 Å². The summed E-state index contributed by atoms with van der Waals surface area (Å²) in [6.07, 6.45) is 1.89. The molecule has 1 atom stereocenters. The molecule has 3 nitrogen and oxygen atoms in total. The minimum absolute atomic E-state index is 0.270. The topological polar surface area (TPSA) is 44.5 Å². The van der Waals surface area contributed by atoms with Crippen molar-refractivity contribution in [3.63, 3.8) is 0 Å². The zero-order valence-electron chi connectivity index (χ0n) is 14.3. The van der Waals surface area contributed by atoms with Gasteiger partial charge in [0.15, 0.2) is 11.5 Å². The molecule has 3 heteroatoms. The van der Waals surface area contributed by atoms with E-state index in [4.69, 9.17) is 15.2 Å². The molecule has 0 bridgehead atoms. The second-order valence-electron chi connectivity index (χ2n) is 5.61. The maximum atomic E-state index is 6.04. The van der Waals surface area contributed by atoms with Crippen LogP contribution in [-0.4, -0.2) is 20.3 Å². The van der Waals surface area contributed by atoms with Gasteiger partial charge >= 0.3 is 0 Å². The Hall–Kier alpha value is -2.00. The van der Waals surface area contributed by atoms with E-state index in [9.17, 15) is 0 Å². The third-order valence-corrected chi connectivity index (χ3v) is 4.17. The zero-order valence-corrected chi connectivity index (χ0v) is 14.3. The fourth-order valence-electron chi connectivity index (χ4n) is 2.85. The van der Waals surface area contributed by atoms with Crippen molar-refractivity contribution in [2.24, 2.45) is 5.73 Å². The lowest BCUT2D eigenvalue weighted by Gasteiger charge is -2.19. The number of para-hydroxylation sites is 1. The van der Waals surface area contributed by atoms with Gasteiger partial charge in [-0.1, -0.05) is 43.3 Å². The quantitative estimate of drug-likeness (QED) is 0.803. The highest BCUT2D eigenvalue weighted by Crippen LogP contribution is 2.34. The molecule has 2 aromatic rings. The summed E-state index contributed by atoms with van der Waals surface area (Å²) in [5.41, 5.74) is 9.79. The molecule has 1 unspecified atom stereocenters. The summed E-state index contributed by atoms with van der Waals surface area (Å²) in [6, 6.07) is 14.8. The van der Waals surface area contributed by atoms with Crippen LogP contribution in [0.4, 0.5) is 0 Å². The Morgan fingerprint density at radius 1 is 1.04 bits per heavy atom. The predicted octanol–water partition coefficient (Wildman–Crippen LogP) is 3.94. The molecule has 0 fully saturated rings. The third-order valence-electron chi connectivity index (χ3n) is 4.17. The van der Waals surface area contributed by atoms with Gasteiger partial charge in [-0.05, 0) is 49.1 Å². The summed E-state index contributed by atoms with van der Waals surface area (Å²) in [5.74, 6) is 1.88. The lowest BCUT2D eigenvalue weighted by molar-refractivity contribution is 0.309. The maximum Gasteiger partial charge on any atom is 0.163 e. The monoisotopic (exact) mass is 313 g/mol. The number of benzene rings is 2. The maximum absolute atomic E-state index is 6.04. The summed E-state index contributed by atoms with van der Waals surface area (Å²) in [4.78, 5) is 0. The molecule has 2 aromatic carbocycles. The van der Waals surface area contributed by atoms with Gasteiger partial charge in [0.2, 0.25) is 0 Å². The SMILES string of the molecule is CCOc1cccc(CC(CN)c2ccc(CC)cc2)c1OC. The highest BCUT2D eigenvalue weighted by molar-refractivity contribution is 5.47. The van der Waals surface area contributed by atoms with E-state index in [0.717, 1.165) is 29.9 Å². The van der Waals surface area contributed by atoms with Gasteiger partial charge in [0.05, 0.1) is 13.7 Å². The normalized spacial score (nSPS) is 12.0. The van der Waals surface area contributed by atoms with Gasteiger partial charge < -0.3 is 15.2 Å². The average Bonchev–Trinajstić information content (AvgIpc) is 2.60. The van der Waals surface area contributed by atoms with Crippen LogP contribution in [0, 0.1) is 0 Å². The first-order valence-corrected chi connectivity index (χ1v) is 8.31. The van der Waals surface area contributed by atoms with Gasteiger partial charge in [-0.3, -0.25) is 0 Å². The first kappa shape index (κ1) is 17.4. The second-order valence-corrected chi connectivity index (χ2v) is 5.61. The molecular weight excluding hydrogens is 286 g/mol. The Balaban J connectivity index is 2.25. The molecule has 2 rings (SSSR count). The van der Waals surface area contributed by atoms with E-state index >= 15 is 0 Å².